The normalized spacial score (nSPS) is 13.3. The molecule has 0 bridgehead atoms. The van der Waals surface area contributed by atoms with Crippen LogP contribution < -0.4 is 0 Å². The van der Waals surface area contributed by atoms with Gasteiger partial charge >= 0.3 is 0 Å². The van der Waals surface area contributed by atoms with E-state index in [0.717, 1.165) is 22.0 Å². The SMILES string of the molecule is Cc1cc2c(C(Cl)C(Cl)Cl)c(Cl)ccc2cn1. The summed E-state index contributed by atoms with van der Waals surface area (Å²) in [5, 5.41) is 1.93. The second-order valence-corrected chi connectivity index (χ2v) is 5.79. The Labute approximate surface area is 120 Å². The lowest BCUT2D eigenvalue weighted by Gasteiger charge is -2.15. The van der Waals surface area contributed by atoms with Crippen molar-refractivity contribution in [3.8, 4) is 0 Å². The Morgan fingerprint density at radius 1 is 1.18 bits per heavy atom. The summed E-state index contributed by atoms with van der Waals surface area (Å²) in [6, 6.07) is 5.61. The van der Waals surface area contributed by atoms with Gasteiger partial charge in [0, 0.05) is 22.3 Å². The van der Waals surface area contributed by atoms with Crippen molar-refractivity contribution < 1.29 is 0 Å². The van der Waals surface area contributed by atoms with Crippen LogP contribution >= 0.6 is 46.4 Å². The van der Waals surface area contributed by atoms with Gasteiger partial charge in [0.1, 0.15) is 4.84 Å². The summed E-state index contributed by atoms with van der Waals surface area (Å²) < 4.78 is 0. The van der Waals surface area contributed by atoms with Crippen LogP contribution in [0, 0.1) is 6.92 Å². The lowest BCUT2D eigenvalue weighted by molar-refractivity contribution is 1.05. The minimum absolute atomic E-state index is 0.545. The summed E-state index contributed by atoms with van der Waals surface area (Å²) in [4.78, 5) is 3.52. The van der Waals surface area contributed by atoms with E-state index >= 15 is 0 Å². The first kappa shape index (κ1) is 13.2. The Kier molecular flexibility index (Phi) is 4.04. The summed E-state index contributed by atoms with van der Waals surface area (Å²) in [6.45, 7) is 1.91. The van der Waals surface area contributed by atoms with Gasteiger partial charge in [-0.05, 0) is 30.0 Å². The molecular formula is C12H9Cl4N. The van der Waals surface area contributed by atoms with Crippen molar-refractivity contribution in [2.75, 3.05) is 0 Å². The van der Waals surface area contributed by atoms with E-state index in [1.165, 1.54) is 0 Å². The number of rotatable bonds is 2. The first-order valence-corrected chi connectivity index (χ1v) is 6.66. The molecule has 0 radical (unpaired) electrons. The Morgan fingerprint density at radius 2 is 1.88 bits per heavy atom. The van der Waals surface area contributed by atoms with E-state index < -0.39 is 10.2 Å². The minimum atomic E-state index is -0.715. The maximum absolute atomic E-state index is 6.21. The maximum atomic E-state index is 6.21. The molecule has 2 aromatic rings. The van der Waals surface area contributed by atoms with E-state index in [1.807, 2.05) is 19.1 Å². The number of nitrogens with zero attached hydrogens (tertiary/aromatic N) is 1. The number of hydrogen-bond acceptors (Lipinski definition) is 1. The molecule has 2 rings (SSSR count). The van der Waals surface area contributed by atoms with Crippen LogP contribution in [0.2, 0.25) is 5.02 Å². The van der Waals surface area contributed by atoms with Crippen molar-refractivity contribution in [3.63, 3.8) is 0 Å². The minimum Gasteiger partial charge on any atom is -0.261 e. The van der Waals surface area contributed by atoms with Crippen molar-refractivity contribution in [1.82, 2.24) is 4.98 Å². The van der Waals surface area contributed by atoms with Crippen LogP contribution in [0.15, 0.2) is 24.4 Å². The molecule has 1 aromatic carbocycles. The van der Waals surface area contributed by atoms with Gasteiger partial charge < -0.3 is 0 Å². The van der Waals surface area contributed by atoms with Gasteiger partial charge in [0.05, 0.1) is 5.38 Å². The van der Waals surface area contributed by atoms with E-state index in [2.05, 4.69) is 4.98 Å². The highest BCUT2D eigenvalue weighted by molar-refractivity contribution is 6.49. The molecule has 0 N–H and O–H groups in total. The molecule has 0 aliphatic heterocycles. The standard InChI is InChI=1S/C12H9Cl4N/c1-6-4-8-7(5-17-6)2-3-9(13)10(8)11(14)12(15)16/h2-5,11-12H,1H3. The molecule has 0 aliphatic carbocycles. The molecule has 0 aliphatic rings. The summed E-state index contributed by atoms with van der Waals surface area (Å²) in [6.07, 6.45) is 1.78. The van der Waals surface area contributed by atoms with Crippen LogP contribution in [0.3, 0.4) is 0 Å². The van der Waals surface area contributed by atoms with Crippen LogP contribution in [0.4, 0.5) is 0 Å². The number of halogens is 4. The largest absolute Gasteiger partial charge is 0.261 e. The first-order valence-electron chi connectivity index (χ1n) is 4.97. The topological polar surface area (TPSA) is 12.9 Å². The van der Waals surface area contributed by atoms with Gasteiger partial charge in [0.15, 0.2) is 0 Å². The van der Waals surface area contributed by atoms with E-state index in [1.54, 1.807) is 12.3 Å². The molecule has 1 nitrogen and oxygen atoms in total. The lowest BCUT2D eigenvalue weighted by atomic mass is 10.0. The molecule has 1 atom stereocenters. The Hall–Kier alpha value is -0.210. The fourth-order valence-corrected chi connectivity index (χ4v) is 2.55. The average Bonchev–Trinajstić information content (AvgIpc) is 2.27. The van der Waals surface area contributed by atoms with Gasteiger partial charge in [0.2, 0.25) is 0 Å². The molecule has 1 heterocycles. The average molecular weight is 309 g/mol. The van der Waals surface area contributed by atoms with Gasteiger partial charge in [0.25, 0.3) is 0 Å². The summed E-state index contributed by atoms with van der Waals surface area (Å²) >= 11 is 24.0. The first-order chi connectivity index (χ1) is 8.00. The highest BCUT2D eigenvalue weighted by Gasteiger charge is 2.21. The smallest absolute Gasteiger partial charge is 0.128 e. The third kappa shape index (κ3) is 2.63. The Bertz CT molecular complexity index is 548. The predicted octanol–water partition coefficient (Wildman–Crippen LogP) is 5.28. The molecule has 90 valence electrons. The van der Waals surface area contributed by atoms with Gasteiger partial charge in [-0.3, -0.25) is 4.98 Å². The highest BCUT2D eigenvalue weighted by Crippen LogP contribution is 2.39. The van der Waals surface area contributed by atoms with Gasteiger partial charge in [-0.2, -0.15) is 0 Å². The molecule has 0 fully saturated rings. The molecular weight excluding hydrogens is 300 g/mol. The van der Waals surface area contributed by atoms with Crippen molar-refractivity contribution in [1.29, 1.82) is 0 Å². The predicted molar refractivity (Wildman–Crippen MR) is 75.6 cm³/mol. The molecule has 0 saturated carbocycles. The van der Waals surface area contributed by atoms with Gasteiger partial charge in [-0.15, -0.1) is 34.8 Å². The van der Waals surface area contributed by atoms with Crippen LogP contribution in [0.25, 0.3) is 10.8 Å². The van der Waals surface area contributed by atoms with Crippen LogP contribution in [0.1, 0.15) is 16.6 Å². The summed E-state index contributed by atoms with van der Waals surface area (Å²) in [5.41, 5.74) is 1.65. The second-order valence-electron chi connectivity index (χ2n) is 3.74. The molecule has 5 heteroatoms. The zero-order valence-corrected chi connectivity index (χ0v) is 11.9. The van der Waals surface area contributed by atoms with Gasteiger partial charge in [-0.25, -0.2) is 0 Å². The van der Waals surface area contributed by atoms with Crippen molar-refractivity contribution in [3.05, 3.63) is 40.7 Å². The van der Waals surface area contributed by atoms with Crippen LogP contribution in [-0.2, 0) is 0 Å². The number of alkyl halides is 3. The molecule has 1 aromatic heterocycles. The number of hydrogen-bond donors (Lipinski definition) is 0. The lowest BCUT2D eigenvalue weighted by Crippen LogP contribution is -2.02. The molecule has 0 amide bonds. The Morgan fingerprint density at radius 3 is 2.53 bits per heavy atom. The van der Waals surface area contributed by atoms with Crippen LogP contribution in [-0.4, -0.2) is 9.82 Å². The monoisotopic (exact) mass is 307 g/mol. The van der Waals surface area contributed by atoms with Crippen molar-refractivity contribution in [2.45, 2.75) is 17.1 Å². The quantitative estimate of drug-likeness (QED) is 0.688. The molecule has 17 heavy (non-hydrogen) atoms. The highest BCUT2D eigenvalue weighted by atomic mass is 35.5. The molecule has 1 unspecified atom stereocenters. The fourth-order valence-electron chi connectivity index (χ4n) is 1.72. The summed E-state index contributed by atoms with van der Waals surface area (Å²) in [7, 11) is 0. The third-order valence-corrected chi connectivity index (χ3v) is 4.09. The number of aromatic nitrogens is 1. The molecule has 0 saturated heterocycles. The number of benzene rings is 1. The third-order valence-electron chi connectivity index (χ3n) is 2.53. The second kappa shape index (κ2) is 5.19. The zero-order valence-electron chi connectivity index (χ0n) is 8.92. The van der Waals surface area contributed by atoms with Gasteiger partial charge in [-0.1, -0.05) is 17.7 Å². The van der Waals surface area contributed by atoms with E-state index in [0.29, 0.717) is 5.02 Å². The fraction of sp³-hybridized carbons (Fsp3) is 0.250. The maximum Gasteiger partial charge on any atom is 0.128 e. The summed E-state index contributed by atoms with van der Waals surface area (Å²) in [5.74, 6) is 0. The number of fused-ring (bicyclic) bond motifs is 1. The van der Waals surface area contributed by atoms with E-state index in [4.69, 9.17) is 46.4 Å². The van der Waals surface area contributed by atoms with Crippen molar-refractivity contribution >= 4 is 57.2 Å². The van der Waals surface area contributed by atoms with E-state index in [-0.39, 0.29) is 0 Å². The molecule has 0 spiro atoms. The van der Waals surface area contributed by atoms with Crippen molar-refractivity contribution in [2.24, 2.45) is 0 Å². The Balaban J connectivity index is 2.74. The van der Waals surface area contributed by atoms with Crippen LogP contribution in [0.5, 0.6) is 0 Å². The zero-order chi connectivity index (χ0) is 12.6. The number of pyridine rings is 1. The number of aryl methyl sites for hydroxylation is 1. The van der Waals surface area contributed by atoms with E-state index in [9.17, 15) is 0 Å².